The highest BCUT2D eigenvalue weighted by molar-refractivity contribution is 5.91. The van der Waals surface area contributed by atoms with E-state index in [1.807, 2.05) is 13.0 Å². The first-order chi connectivity index (χ1) is 13.4. The van der Waals surface area contributed by atoms with Crippen LogP contribution in [0.3, 0.4) is 0 Å². The molecule has 0 aliphatic rings. The number of carbonyl (C=O) groups excluding carboxylic acids is 2. The van der Waals surface area contributed by atoms with Crippen LogP contribution in [-0.2, 0) is 16.1 Å². The van der Waals surface area contributed by atoms with Gasteiger partial charge in [-0.05, 0) is 55.0 Å². The van der Waals surface area contributed by atoms with Crippen LogP contribution in [0, 0.1) is 12.7 Å². The van der Waals surface area contributed by atoms with Crippen molar-refractivity contribution < 1.29 is 18.7 Å². The van der Waals surface area contributed by atoms with Gasteiger partial charge in [0.25, 0.3) is 5.91 Å². The Balaban J connectivity index is 1.54. The van der Waals surface area contributed by atoms with Crippen LogP contribution in [-0.4, -0.2) is 40.2 Å². The van der Waals surface area contributed by atoms with E-state index in [1.54, 1.807) is 54.3 Å². The van der Waals surface area contributed by atoms with Crippen LogP contribution in [0.25, 0.3) is 5.69 Å². The minimum absolute atomic E-state index is 0.228. The first kappa shape index (κ1) is 19.3. The Hall–Kier alpha value is -3.48. The minimum Gasteiger partial charge on any atom is -0.452 e. The molecule has 28 heavy (non-hydrogen) atoms. The van der Waals surface area contributed by atoms with Crippen molar-refractivity contribution in [3.8, 4) is 5.69 Å². The summed E-state index contributed by atoms with van der Waals surface area (Å²) in [4.78, 5) is 25.7. The average Bonchev–Trinajstić information content (AvgIpc) is 3.12. The molecule has 0 bridgehead atoms. The maximum absolute atomic E-state index is 13.2. The molecule has 0 saturated carbocycles. The molecule has 1 aromatic heterocycles. The topological polar surface area (TPSA) is 64.4 Å². The van der Waals surface area contributed by atoms with Crippen molar-refractivity contribution in [3.63, 3.8) is 0 Å². The van der Waals surface area contributed by atoms with Gasteiger partial charge in [-0.3, -0.25) is 4.79 Å². The van der Waals surface area contributed by atoms with Gasteiger partial charge in [-0.15, -0.1) is 0 Å². The van der Waals surface area contributed by atoms with Crippen LogP contribution >= 0.6 is 0 Å². The van der Waals surface area contributed by atoms with E-state index in [4.69, 9.17) is 4.74 Å². The summed E-state index contributed by atoms with van der Waals surface area (Å²) in [6.45, 7) is 1.78. The van der Waals surface area contributed by atoms with Gasteiger partial charge in [-0.1, -0.05) is 12.1 Å². The molecule has 2 aromatic carbocycles. The monoisotopic (exact) mass is 381 g/mol. The van der Waals surface area contributed by atoms with E-state index in [9.17, 15) is 14.0 Å². The molecule has 0 unspecified atom stereocenters. The summed E-state index contributed by atoms with van der Waals surface area (Å²) in [5.41, 5.74) is 2.80. The van der Waals surface area contributed by atoms with E-state index in [1.165, 1.54) is 17.0 Å². The summed E-state index contributed by atoms with van der Waals surface area (Å²) in [5, 5.41) is 4.21. The predicted octanol–water partition coefficient (Wildman–Crippen LogP) is 3.14. The Morgan fingerprint density at radius 2 is 1.89 bits per heavy atom. The molecule has 3 rings (SSSR count). The van der Waals surface area contributed by atoms with Crippen LogP contribution in [0.15, 0.2) is 60.8 Å². The van der Waals surface area contributed by atoms with Crippen molar-refractivity contribution in [1.29, 1.82) is 0 Å². The fraction of sp³-hybridized carbons (Fsp3) is 0.190. The zero-order valence-corrected chi connectivity index (χ0v) is 15.6. The van der Waals surface area contributed by atoms with Crippen LogP contribution < -0.4 is 0 Å². The molecule has 3 aromatic rings. The number of aromatic nitrogens is 2. The van der Waals surface area contributed by atoms with Crippen LogP contribution in [0.2, 0.25) is 0 Å². The third-order valence-corrected chi connectivity index (χ3v) is 4.24. The molecule has 1 amide bonds. The quantitative estimate of drug-likeness (QED) is 0.616. The Labute approximate surface area is 162 Å². The summed E-state index contributed by atoms with van der Waals surface area (Å²) in [6.07, 6.45) is 1.70. The summed E-state index contributed by atoms with van der Waals surface area (Å²) in [7, 11) is 1.57. The molecule has 0 aliphatic heterocycles. The number of likely N-dealkylation sites (N-methyl/N-ethyl adjacent to an activating group) is 1. The third-order valence-electron chi connectivity index (χ3n) is 4.24. The van der Waals surface area contributed by atoms with Gasteiger partial charge in [0.2, 0.25) is 0 Å². The van der Waals surface area contributed by atoms with Crippen LogP contribution in [0.5, 0.6) is 0 Å². The first-order valence-electron chi connectivity index (χ1n) is 8.70. The molecule has 0 radical (unpaired) electrons. The number of benzene rings is 2. The molecule has 6 nitrogen and oxygen atoms in total. The largest absolute Gasteiger partial charge is 0.452 e. The lowest BCUT2D eigenvalue weighted by Gasteiger charge is -2.17. The lowest BCUT2D eigenvalue weighted by atomic mass is 10.2. The fourth-order valence-electron chi connectivity index (χ4n) is 2.70. The Bertz CT molecular complexity index is 983. The van der Waals surface area contributed by atoms with Gasteiger partial charge in [-0.2, -0.15) is 5.10 Å². The number of hydrogen-bond donors (Lipinski definition) is 0. The molecule has 0 N–H and O–H groups in total. The van der Waals surface area contributed by atoms with Gasteiger partial charge in [0.15, 0.2) is 6.61 Å². The van der Waals surface area contributed by atoms with E-state index in [0.717, 1.165) is 11.4 Å². The molecule has 0 atom stereocenters. The van der Waals surface area contributed by atoms with Crippen molar-refractivity contribution in [2.24, 2.45) is 0 Å². The van der Waals surface area contributed by atoms with E-state index < -0.39 is 5.97 Å². The molecule has 0 spiro atoms. The first-order valence-corrected chi connectivity index (χ1v) is 8.70. The maximum atomic E-state index is 13.2. The Morgan fingerprint density at radius 1 is 1.14 bits per heavy atom. The molecule has 0 saturated heterocycles. The highest BCUT2D eigenvalue weighted by Crippen LogP contribution is 2.12. The number of carbonyl (C=O) groups is 2. The molecular formula is C21H20FN3O3. The minimum atomic E-state index is -0.587. The summed E-state index contributed by atoms with van der Waals surface area (Å²) >= 11 is 0. The number of halogens is 1. The Morgan fingerprint density at radius 3 is 2.54 bits per heavy atom. The van der Waals surface area contributed by atoms with Crippen molar-refractivity contribution in [2.75, 3.05) is 13.7 Å². The summed E-state index contributed by atoms with van der Waals surface area (Å²) < 4.78 is 20.1. The van der Waals surface area contributed by atoms with Crippen molar-refractivity contribution in [3.05, 3.63) is 83.4 Å². The van der Waals surface area contributed by atoms with Crippen molar-refractivity contribution in [1.82, 2.24) is 14.7 Å². The van der Waals surface area contributed by atoms with Gasteiger partial charge in [0, 0.05) is 25.5 Å². The predicted molar refractivity (Wildman–Crippen MR) is 101 cm³/mol. The van der Waals surface area contributed by atoms with Crippen molar-refractivity contribution >= 4 is 11.9 Å². The zero-order valence-electron chi connectivity index (χ0n) is 15.6. The fourth-order valence-corrected chi connectivity index (χ4v) is 2.70. The number of rotatable bonds is 6. The molecule has 0 fully saturated rings. The maximum Gasteiger partial charge on any atom is 0.338 e. The van der Waals surface area contributed by atoms with Crippen molar-refractivity contribution in [2.45, 2.75) is 13.5 Å². The third kappa shape index (κ3) is 4.62. The second-order valence-corrected chi connectivity index (χ2v) is 6.39. The SMILES string of the molecule is Cc1ccnn1-c1ccc(C(=O)OCC(=O)N(C)Cc2cccc(F)c2)cc1. The average molecular weight is 381 g/mol. The van der Waals surface area contributed by atoms with Gasteiger partial charge in [-0.25, -0.2) is 13.9 Å². The van der Waals surface area contributed by atoms with E-state index in [2.05, 4.69) is 5.10 Å². The van der Waals surface area contributed by atoms with E-state index in [-0.39, 0.29) is 24.9 Å². The molecule has 1 heterocycles. The highest BCUT2D eigenvalue weighted by atomic mass is 19.1. The molecule has 7 heteroatoms. The second kappa shape index (κ2) is 8.47. The lowest BCUT2D eigenvalue weighted by molar-refractivity contribution is -0.133. The number of aryl methyl sites for hydroxylation is 1. The van der Waals surface area contributed by atoms with Gasteiger partial charge < -0.3 is 9.64 Å². The highest BCUT2D eigenvalue weighted by Gasteiger charge is 2.14. The molecule has 0 aliphatic carbocycles. The van der Waals surface area contributed by atoms with E-state index >= 15 is 0 Å². The second-order valence-electron chi connectivity index (χ2n) is 6.39. The number of esters is 1. The molecular weight excluding hydrogens is 361 g/mol. The Kier molecular flexibility index (Phi) is 5.84. The lowest BCUT2D eigenvalue weighted by Crippen LogP contribution is -2.30. The van der Waals surface area contributed by atoms with Crippen LogP contribution in [0.4, 0.5) is 4.39 Å². The number of nitrogens with zero attached hydrogens (tertiary/aromatic N) is 3. The normalized spacial score (nSPS) is 10.5. The summed E-state index contributed by atoms with van der Waals surface area (Å²) in [5.74, 6) is -1.32. The molecule has 144 valence electrons. The zero-order chi connectivity index (χ0) is 20.1. The van der Waals surface area contributed by atoms with Gasteiger partial charge >= 0.3 is 5.97 Å². The number of ether oxygens (including phenoxy) is 1. The van der Waals surface area contributed by atoms with Gasteiger partial charge in [0.1, 0.15) is 5.82 Å². The summed E-state index contributed by atoms with van der Waals surface area (Å²) in [6, 6.07) is 14.7. The smallest absolute Gasteiger partial charge is 0.338 e. The number of hydrogen-bond acceptors (Lipinski definition) is 4. The van der Waals surface area contributed by atoms with Crippen LogP contribution in [0.1, 0.15) is 21.6 Å². The number of amides is 1. The van der Waals surface area contributed by atoms with Gasteiger partial charge in [0.05, 0.1) is 11.3 Å². The standard InChI is InChI=1S/C21H20FN3O3/c1-15-10-11-23-25(15)19-8-6-17(7-9-19)21(27)28-14-20(26)24(2)13-16-4-3-5-18(22)12-16/h3-12H,13-14H2,1-2H3. The van der Waals surface area contributed by atoms with E-state index in [0.29, 0.717) is 11.1 Å².